The molecule has 0 saturated carbocycles. The first-order chi connectivity index (χ1) is 9.92. The zero-order valence-corrected chi connectivity index (χ0v) is 13.3. The van der Waals surface area contributed by atoms with Crippen molar-refractivity contribution in [1.82, 2.24) is 0 Å². The van der Waals surface area contributed by atoms with Crippen LogP contribution in [0.2, 0.25) is 0 Å². The summed E-state index contributed by atoms with van der Waals surface area (Å²) in [6.07, 6.45) is 0. The maximum atomic E-state index is 13.6. The highest BCUT2D eigenvalue weighted by Crippen LogP contribution is 2.29. The average Bonchev–Trinajstić information content (AvgIpc) is 2.79. The Kier molecular flexibility index (Phi) is 4.63. The fourth-order valence-corrected chi connectivity index (χ4v) is 3.31. The molecular weight excluding hydrogens is 289 g/mol. The van der Waals surface area contributed by atoms with Gasteiger partial charge in [-0.15, -0.1) is 11.3 Å². The van der Waals surface area contributed by atoms with Gasteiger partial charge in [-0.3, -0.25) is 0 Å². The van der Waals surface area contributed by atoms with Crippen molar-refractivity contribution in [3.05, 3.63) is 51.0 Å². The second kappa shape index (κ2) is 6.26. The monoisotopic (exact) mass is 307 g/mol. The number of ether oxygens (including phenoxy) is 1. The highest BCUT2D eigenvalue weighted by molar-refractivity contribution is 7.12. The number of nitrogens with one attached hydrogen (secondary N) is 1. The Hall–Kier alpha value is -1.88. The zero-order chi connectivity index (χ0) is 15.6. The molecule has 1 aromatic carbocycles. The Balaban J connectivity index is 2.23. The van der Waals surface area contributed by atoms with Crippen LogP contribution in [0.4, 0.5) is 10.1 Å². The van der Waals surface area contributed by atoms with Gasteiger partial charge in [0.1, 0.15) is 5.82 Å². The number of halogens is 1. The molecule has 0 saturated heterocycles. The third-order valence-corrected chi connectivity index (χ3v) is 4.28. The van der Waals surface area contributed by atoms with Gasteiger partial charge in [0.2, 0.25) is 0 Å². The van der Waals surface area contributed by atoms with Crippen molar-refractivity contribution < 1.29 is 13.9 Å². The largest absolute Gasteiger partial charge is 0.465 e. The molecule has 21 heavy (non-hydrogen) atoms. The number of thiophene rings is 1. The summed E-state index contributed by atoms with van der Waals surface area (Å²) >= 11 is 1.75. The third-order valence-electron chi connectivity index (χ3n) is 3.30. The van der Waals surface area contributed by atoms with Crippen LogP contribution in [-0.2, 0) is 4.74 Å². The SMILES string of the molecule is COC(=O)c1cc(NC(C)c2cc(C)sc2C)ccc1F. The van der Waals surface area contributed by atoms with Crippen molar-refractivity contribution in [2.75, 3.05) is 12.4 Å². The smallest absolute Gasteiger partial charge is 0.340 e. The Morgan fingerprint density at radius 2 is 2.05 bits per heavy atom. The van der Waals surface area contributed by atoms with E-state index in [9.17, 15) is 9.18 Å². The average molecular weight is 307 g/mol. The van der Waals surface area contributed by atoms with Crippen molar-refractivity contribution in [2.24, 2.45) is 0 Å². The first-order valence-corrected chi connectivity index (χ1v) is 7.45. The van der Waals surface area contributed by atoms with E-state index in [2.05, 4.69) is 30.0 Å². The highest BCUT2D eigenvalue weighted by Gasteiger charge is 2.15. The van der Waals surface area contributed by atoms with Crippen LogP contribution in [0.15, 0.2) is 24.3 Å². The van der Waals surface area contributed by atoms with Crippen LogP contribution >= 0.6 is 11.3 Å². The molecule has 5 heteroatoms. The molecule has 1 unspecified atom stereocenters. The number of anilines is 1. The van der Waals surface area contributed by atoms with Crippen molar-refractivity contribution >= 4 is 23.0 Å². The van der Waals surface area contributed by atoms with Gasteiger partial charge in [0.15, 0.2) is 0 Å². The Morgan fingerprint density at radius 3 is 2.62 bits per heavy atom. The summed E-state index contributed by atoms with van der Waals surface area (Å²) in [7, 11) is 1.24. The minimum Gasteiger partial charge on any atom is -0.465 e. The number of carbonyl (C=O) groups is 1. The quantitative estimate of drug-likeness (QED) is 0.847. The van der Waals surface area contributed by atoms with Crippen molar-refractivity contribution in [2.45, 2.75) is 26.8 Å². The molecular formula is C16H18FNO2S. The Bertz CT molecular complexity index is 666. The number of aryl methyl sites for hydroxylation is 2. The lowest BCUT2D eigenvalue weighted by Crippen LogP contribution is -2.09. The summed E-state index contributed by atoms with van der Waals surface area (Å²) in [6.45, 7) is 6.19. The molecule has 0 spiro atoms. The van der Waals surface area contributed by atoms with Crippen LogP contribution in [0.1, 0.15) is 38.6 Å². The van der Waals surface area contributed by atoms with E-state index in [1.165, 1.54) is 34.6 Å². The number of hydrogen-bond acceptors (Lipinski definition) is 4. The molecule has 0 aliphatic heterocycles. The van der Waals surface area contributed by atoms with Crippen LogP contribution in [0, 0.1) is 19.7 Å². The number of benzene rings is 1. The van der Waals surface area contributed by atoms with Gasteiger partial charge >= 0.3 is 5.97 Å². The standard InChI is InChI=1S/C16H18FNO2S/c1-9-7-13(11(3)21-9)10(2)18-12-5-6-15(17)14(8-12)16(19)20-4/h5-8,10,18H,1-4H3. The zero-order valence-electron chi connectivity index (χ0n) is 12.5. The summed E-state index contributed by atoms with van der Waals surface area (Å²) in [4.78, 5) is 14.0. The first kappa shape index (κ1) is 15.5. The summed E-state index contributed by atoms with van der Waals surface area (Å²) in [6, 6.07) is 6.58. The first-order valence-electron chi connectivity index (χ1n) is 6.63. The number of rotatable bonds is 4. The molecule has 0 amide bonds. The molecule has 1 aromatic heterocycles. The fraction of sp³-hybridized carbons (Fsp3) is 0.312. The molecule has 1 atom stereocenters. The highest BCUT2D eigenvalue weighted by atomic mass is 32.1. The van der Waals surface area contributed by atoms with Crippen molar-refractivity contribution in [3.8, 4) is 0 Å². The van der Waals surface area contributed by atoms with Gasteiger partial charge in [0.05, 0.1) is 12.7 Å². The normalized spacial score (nSPS) is 12.0. The van der Waals surface area contributed by atoms with Gasteiger partial charge in [-0.25, -0.2) is 9.18 Å². The third kappa shape index (κ3) is 3.42. The van der Waals surface area contributed by atoms with Crippen LogP contribution < -0.4 is 5.32 Å². The molecule has 112 valence electrons. The molecule has 1 N–H and O–H groups in total. The van der Waals surface area contributed by atoms with Gasteiger partial charge in [0, 0.05) is 21.5 Å². The lowest BCUT2D eigenvalue weighted by Gasteiger charge is -2.16. The lowest BCUT2D eigenvalue weighted by atomic mass is 10.1. The van der Waals surface area contributed by atoms with Crippen LogP contribution in [0.25, 0.3) is 0 Å². The van der Waals surface area contributed by atoms with Gasteiger partial charge in [-0.2, -0.15) is 0 Å². The second-order valence-corrected chi connectivity index (χ2v) is 6.38. The van der Waals surface area contributed by atoms with Gasteiger partial charge < -0.3 is 10.1 Å². The Morgan fingerprint density at radius 1 is 1.33 bits per heavy atom. The predicted octanol–water partition coefficient (Wildman–Crippen LogP) is 4.46. The van der Waals surface area contributed by atoms with Crippen LogP contribution in [0.5, 0.6) is 0 Å². The van der Waals surface area contributed by atoms with E-state index in [1.54, 1.807) is 17.4 Å². The minimum absolute atomic E-state index is 0.0621. The van der Waals surface area contributed by atoms with E-state index >= 15 is 0 Å². The summed E-state index contributed by atoms with van der Waals surface area (Å²) in [5.41, 5.74) is 1.84. The molecule has 0 radical (unpaired) electrons. The number of hydrogen-bond donors (Lipinski definition) is 1. The number of esters is 1. The summed E-state index contributed by atoms with van der Waals surface area (Å²) in [5, 5.41) is 3.29. The van der Waals surface area contributed by atoms with Gasteiger partial charge in [-0.05, 0) is 50.6 Å². The number of carbonyl (C=O) groups excluding carboxylic acids is 1. The molecule has 0 aliphatic carbocycles. The van der Waals surface area contributed by atoms with E-state index in [-0.39, 0.29) is 11.6 Å². The fourth-order valence-electron chi connectivity index (χ4n) is 2.29. The van der Waals surface area contributed by atoms with Crippen LogP contribution in [-0.4, -0.2) is 13.1 Å². The van der Waals surface area contributed by atoms with Gasteiger partial charge in [0.25, 0.3) is 0 Å². The topological polar surface area (TPSA) is 38.3 Å². The minimum atomic E-state index is -0.675. The lowest BCUT2D eigenvalue weighted by molar-refractivity contribution is 0.0595. The maximum absolute atomic E-state index is 13.6. The van der Waals surface area contributed by atoms with E-state index < -0.39 is 11.8 Å². The summed E-state index contributed by atoms with van der Waals surface area (Å²) < 4.78 is 18.2. The molecule has 2 rings (SSSR count). The second-order valence-electron chi connectivity index (χ2n) is 4.92. The van der Waals surface area contributed by atoms with Crippen molar-refractivity contribution in [1.29, 1.82) is 0 Å². The number of methoxy groups -OCH3 is 1. The molecule has 1 heterocycles. The molecule has 0 fully saturated rings. The predicted molar refractivity (Wildman–Crippen MR) is 83.6 cm³/mol. The molecule has 2 aromatic rings. The van der Waals surface area contributed by atoms with E-state index in [0.717, 1.165) is 0 Å². The van der Waals surface area contributed by atoms with Crippen molar-refractivity contribution in [3.63, 3.8) is 0 Å². The Labute approximate surface area is 127 Å². The van der Waals surface area contributed by atoms with Gasteiger partial charge in [-0.1, -0.05) is 0 Å². The van der Waals surface area contributed by atoms with E-state index in [1.807, 2.05) is 6.92 Å². The molecule has 0 bridgehead atoms. The molecule has 0 aliphatic rings. The van der Waals surface area contributed by atoms with E-state index in [0.29, 0.717) is 5.69 Å². The van der Waals surface area contributed by atoms with Crippen LogP contribution in [0.3, 0.4) is 0 Å². The van der Waals surface area contributed by atoms with E-state index in [4.69, 9.17) is 0 Å². The maximum Gasteiger partial charge on any atom is 0.340 e. The molecule has 3 nitrogen and oxygen atoms in total. The summed E-state index contributed by atoms with van der Waals surface area (Å²) in [5.74, 6) is -1.26.